The van der Waals surface area contributed by atoms with E-state index in [1.54, 1.807) is 0 Å². The van der Waals surface area contributed by atoms with Crippen LogP contribution in [0.5, 0.6) is 0 Å². The van der Waals surface area contributed by atoms with Crippen LogP contribution >= 0.6 is 0 Å². The standard InChI is InChI=1S/C14H27N3O/c1-12(11-17-8-3-2-4-9-17)16-14(18)13-6-5-7-15-10-13/h12-13,15H,2-11H2,1H3,(H,16,18). The molecule has 0 spiro atoms. The van der Waals surface area contributed by atoms with Crippen LogP contribution in [0, 0.1) is 5.92 Å². The summed E-state index contributed by atoms with van der Waals surface area (Å²) < 4.78 is 0. The number of nitrogens with one attached hydrogen (secondary N) is 2. The van der Waals surface area contributed by atoms with Gasteiger partial charge in [-0.2, -0.15) is 0 Å². The highest BCUT2D eigenvalue weighted by atomic mass is 16.2. The summed E-state index contributed by atoms with van der Waals surface area (Å²) >= 11 is 0. The highest BCUT2D eigenvalue weighted by Crippen LogP contribution is 2.11. The zero-order chi connectivity index (χ0) is 12.8. The Bertz CT molecular complexity index is 258. The van der Waals surface area contributed by atoms with Gasteiger partial charge in [-0.15, -0.1) is 0 Å². The second-order valence-electron chi connectivity index (χ2n) is 5.81. The zero-order valence-corrected chi connectivity index (χ0v) is 11.6. The number of nitrogens with zero attached hydrogens (tertiary/aromatic N) is 1. The molecule has 18 heavy (non-hydrogen) atoms. The molecule has 0 radical (unpaired) electrons. The first-order valence-electron chi connectivity index (χ1n) is 7.49. The highest BCUT2D eigenvalue weighted by Gasteiger charge is 2.22. The number of carbonyl (C=O) groups is 1. The van der Waals surface area contributed by atoms with Crippen molar-refractivity contribution in [2.45, 2.75) is 45.1 Å². The first-order chi connectivity index (χ1) is 8.75. The molecule has 0 saturated carbocycles. The molecule has 0 aromatic rings. The van der Waals surface area contributed by atoms with E-state index in [2.05, 4.69) is 22.5 Å². The molecular weight excluding hydrogens is 226 g/mol. The fourth-order valence-electron chi connectivity index (χ4n) is 3.01. The van der Waals surface area contributed by atoms with E-state index in [9.17, 15) is 4.79 Å². The Morgan fingerprint density at radius 2 is 2.11 bits per heavy atom. The molecule has 0 aliphatic carbocycles. The number of hydrogen-bond donors (Lipinski definition) is 2. The van der Waals surface area contributed by atoms with E-state index in [1.165, 1.54) is 32.4 Å². The average Bonchev–Trinajstić information content (AvgIpc) is 2.40. The van der Waals surface area contributed by atoms with Crippen LogP contribution in [0.2, 0.25) is 0 Å². The molecule has 2 aliphatic rings. The SMILES string of the molecule is CC(CN1CCCCC1)NC(=O)C1CCCNC1. The predicted molar refractivity (Wildman–Crippen MR) is 73.5 cm³/mol. The van der Waals surface area contributed by atoms with Gasteiger partial charge in [-0.05, 0) is 52.2 Å². The maximum absolute atomic E-state index is 12.1. The number of carbonyl (C=O) groups excluding carboxylic acids is 1. The Labute approximate surface area is 110 Å². The summed E-state index contributed by atoms with van der Waals surface area (Å²) in [5.74, 6) is 0.425. The number of amides is 1. The Morgan fingerprint density at radius 1 is 1.33 bits per heavy atom. The molecule has 2 rings (SSSR count). The van der Waals surface area contributed by atoms with Crippen LogP contribution in [0.25, 0.3) is 0 Å². The van der Waals surface area contributed by atoms with Gasteiger partial charge in [-0.3, -0.25) is 4.79 Å². The largest absolute Gasteiger partial charge is 0.352 e. The van der Waals surface area contributed by atoms with Crippen molar-refractivity contribution in [1.82, 2.24) is 15.5 Å². The predicted octanol–water partition coefficient (Wildman–Crippen LogP) is 0.977. The molecule has 0 aromatic carbocycles. The molecule has 4 heteroatoms. The van der Waals surface area contributed by atoms with Gasteiger partial charge < -0.3 is 15.5 Å². The molecule has 4 nitrogen and oxygen atoms in total. The molecule has 104 valence electrons. The molecule has 2 aliphatic heterocycles. The Kier molecular flexibility index (Phi) is 5.45. The van der Waals surface area contributed by atoms with Crippen molar-refractivity contribution in [3.8, 4) is 0 Å². The fraction of sp³-hybridized carbons (Fsp3) is 0.929. The molecule has 2 heterocycles. The summed E-state index contributed by atoms with van der Waals surface area (Å²) in [6.45, 7) is 7.44. The van der Waals surface area contributed by atoms with Crippen molar-refractivity contribution in [3.05, 3.63) is 0 Å². The normalized spacial score (nSPS) is 27.7. The number of hydrogen-bond acceptors (Lipinski definition) is 3. The van der Waals surface area contributed by atoms with Crippen LogP contribution in [0.15, 0.2) is 0 Å². The van der Waals surface area contributed by atoms with Gasteiger partial charge in [0.25, 0.3) is 0 Å². The summed E-state index contributed by atoms with van der Waals surface area (Å²) in [5.41, 5.74) is 0. The minimum Gasteiger partial charge on any atom is -0.352 e. The van der Waals surface area contributed by atoms with Crippen LogP contribution in [-0.2, 0) is 4.79 Å². The average molecular weight is 253 g/mol. The maximum atomic E-state index is 12.1. The van der Waals surface area contributed by atoms with Gasteiger partial charge in [0.05, 0.1) is 5.92 Å². The van der Waals surface area contributed by atoms with E-state index in [-0.39, 0.29) is 17.9 Å². The summed E-state index contributed by atoms with van der Waals surface area (Å²) in [6, 6.07) is 0.275. The Hall–Kier alpha value is -0.610. The monoisotopic (exact) mass is 253 g/mol. The summed E-state index contributed by atoms with van der Waals surface area (Å²) in [5, 5.41) is 6.48. The molecule has 2 saturated heterocycles. The van der Waals surface area contributed by atoms with Crippen LogP contribution in [0.1, 0.15) is 39.0 Å². The van der Waals surface area contributed by atoms with Crippen LogP contribution in [-0.4, -0.2) is 49.6 Å². The molecular formula is C14H27N3O. The highest BCUT2D eigenvalue weighted by molar-refractivity contribution is 5.79. The van der Waals surface area contributed by atoms with E-state index in [4.69, 9.17) is 0 Å². The topological polar surface area (TPSA) is 44.4 Å². The molecule has 2 fully saturated rings. The van der Waals surface area contributed by atoms with E-state index < -0.39 is 0 Å². The number of rotatable bonds is 4. The van der Waals surface area contributed by atoms with Gasteiger partial charge in [-0.1, -0.05) is 6.42 Å². The number of piperidine rings is 2. The summed E-state index contributed by atoms with van der Waals surface area (Å²) in [6.07, 6.45) is 6.15. The molecule has 2 unspecified atom stereocenters. The summed E-state index contributed by atoms with van der Waals surface area (Å²) in [7, 11) is 0. The van der Waals surface area contributed by atoms with Gasteiger partial charge in [0.2, 0.25) is 5.91 Å². The lowest BCUT2D eigenvalue weighted by atomic mass is 9.98. The minimum absolute atomic E-state index is 0.183. The maximum Gasteiger partial charge on any atom is 0.224 e. The van der Waals surface area contributed by atoms with Crippen molar-refractivity contribution in [2.24, 2.45) is 5.92 Å². The van der Waals surface area contributed by atoms with Crippen LogP contribution < -0.4 is 10.6 Å². The van der Waals surface area contributed by atoms with Gasteiger partial charge in [0, 0.05) is 19.1 Å². The van der Waals surface area contributed by atoms with Gasteiger partial charge >= 0.3 is 0 Å². The first kappa shape index (κ1) is 13.8. The lowest BCUT2D eigenvalue weighted by Crippen LogP contribution is -2.48. The third kappa shape index (κ3) is 4.25. The van der Waals surface area contributed by atoms with Crippen LogP contribution in [0.4, 0.5) is 0 Å². The third-order valence-corrected chi connectivity index (χ3v) is 4.04. The van der Waals surface area contributed by atoms with Crippen molar-refractivity contribution >= 4 is 5.91 Å². The van der Waals surface area contributed by atoms with Crippen molar-refractivity contribution < 1.29 is 4.79 Å². The van der Waals surface area contributed by atoms with Crippen molar-refractivity contribution in [2.75, 3.05) is 32.7 Å². The number of likely N-dealkylation sites (tertiary alicyclic amines) is 1. The van der Waals surface area contributed by atoms with Crippen LogP contribution in [0.3, 0.4) is 0 Å². The lowest BCUT2D eigenvalue weighted by molar-refractivity contribution is -0.126. The van der Waals surface area contributed by atoms with Gasteiger partial charge in [-0.25, -0.2) is 0 Å². The third-order valence-electron chi connectivity index (χ3n) is 4.04. The van der Waals surface area contributed by atoms with E-state index in [0.717, 1.165) is 32.5 Å². The zero-order valence-electron chi connectivity index (χ0n) is 11.6. The molecule has 1 amide bonds. The van der Waals surface area contributed by atoms with E-state index >= 15 is 0 Å². The van der Waals surface area contributed by atoms with Crippen molar-refractivity contribution in [3.63, 3.8) is 0 Å². The van der Waals surface area contributed by atoms with Gasteiger partial charge in [0.1, 0.15) is 0 Å². The van der Waals surface area contributed by atoms with Crippen molar-refractivity contribution in [1.29, 1.82) is 0 Å². The summed E-state index contributed by atoms with van der Waals surface area (Å²) in [4.78, 5) is 14.6. The first-order valence-corrected chi connectivity index (χ1v) is 7.49. The fourth-order valence-corrected chi connectivity index (χ4v) is 3.01. The van der Waals surface area contributed by atoms with E-state index in [1.807, 2.05) is 0 Å². The molecule has 2 atom stereocenters. The Morgan fingerprint density at radius 3 is 2.78 bits per heavy atom. The second kappa shape index (κ2) is 7.10. The van der Waals surface area contributed by atoms with E-state index in [0.29, 0.717) is 0 Å². The molecule has 0 bridgehead atoms. The smallest absolute Gasteiger partial charge is 0.224 e. The second-order valence-corrected chi connectivity index (χ2v) is 5.81. The minimum atomic E-state index is 0.183. The van der Waals surface area contributed by atoms with Gasteiger partial charge in [0.15, 0.2) is 0 Å². The lowest BCUT2D eigenvalue weighted by Gasteiger charge is -2.30. The molecule has 2 N–H and O–H groups in total. The molecule has 0 aromatic heterocycles. The quantitative estimate of drug-likeness (QED) is 0.785. The Balaban J connectivity index is 1.68.